The first-order valence-corrected chi connectivity index (χ1v) is 8.44. The molecular weight excluding hydrogens is 389 g/mol. The molecule has 0 bridgehead atoms. The number of hydrogen-bond acceptors (Lipinski definition) is 3. The van der Waals surface area contributed by atoms with Crippen LogP contribution in [0.25, 0.3) is 10.9 Å². The topological polar surface area (TPSA) is 64.0 Å². The van der Waals surface area contributed by atoms with E-state index in [1.807, 2.05) is 6.07 Å². The number of anilines is 1. The number of halogens is 2. The molecule has 7 heteroatoms. The van der Waals surface area contributed by atoms with Gasteiger partial charge in [-0.2, -0.15) is 0 Å². The molecule has 3 rings (SSSR count). The lowest BCUT2D eigenvalue weighted by molar-refractivity contribution is -0.116. The van der Waals surface area contributed by atoms with Crippen molar-refractivity contribution in [3.63, 3.8) is 0 Å². The SMILES string of the molecule is Cc1cc(F)ccc1NC(=O)CCn1cnc2ccc(Br)cc2c1=O. The van der Waals surface area contributed by atoms with E-state index in [1.165, 1.54) is 29.1 Å². The molecule has 1 aromatic heterocycles. The molecule has 0 atom stereocenters. The molecule has 0 aliphatic carbocycles. The Morgan fingerprint density at radius 1 is 1.28 bits per heavy atom. The third-order valence-electron chi connectivity index (χ3n) is 3.83. The fraction of sp³-hybridized carbons (Fsp3) is 0.167. The van der Waals surface area contributed by atoms with Crippen molar-refractivity contribution in [1.29, 1.82) is 0 Å². The second-order valence-electron chi connectivity index (χ2n) is 5.66. The summed E-state index contributed by atoms with van der Waals surface area (Å²) in [7, 11) is 0. The lowest BCUT2D eigenvalue weighted by Crippen LogP contribution is -2.23. The number of rotatable bonds is 4. The standard InChI is InChI=1S/C18H15BrFN3O2/c1-11-8-13(20)3-5-15(11)22-17(24)6-7-23-10-21-16-4-2-12(19)9-14(16)18(23)25/h2-5,8-10H,6-7H2,1H3,(H,22,24). The van der Waals surface area contributed by atoms with Crippen LogP contribution in [-0.4, -0.2) is 15.5 Å². The van der Waals surface area contributed by atoms with Crippen molar-refractivity contribution < 1.29 is 9.18 Å². The minimum absolute atomic E-state index is 0.109. The van der Waals surface area contributed by atoms with E-state index < -0.39 is 0 Å². The number of nitrogens with one attached hydrogen (secondary N) is 1. The maximum absolute atomic E-state index is 13.1. The van der Waals surface area contributed by atoms with Gasteiger partial charge in [0.2, 0.25) is 5.91 Å². The Kier molecular flexibility index (Phi) is 4.94. The van der Waals surface area contributed by atoms with Gasteiger partial charge in [-0.15, -0.1) is 0 Å². The molecule has 0 aliphatic heterocycles. The Bertz CT molecular complexity index is 1020. The number of amides is 1. The molecule has 0 spiro atoms. The zero-order valence-electron chi connectivity index (χ0n) is 13.4. The van der Waals surface area contributed by atoms with Gasteiger partial charge in [0.15, 0.2) is 0 Å². The molecule has 0 saturated heterocycles. The van der Waals surface area contributed by atoms with Gasteiger partial charge in [0, 0.05) is 23.1 Å². The van der Waals surface area contributed by atoms with Gasteiger partial charge in [0.25, 0.3) is 5.56 Å². The first-order valence-electron chi connectivity index (χ1n) is 7.65. The summed E-state index contributed by atoms with van der Waals surface area (Å²) in [5.74, 6) is -0.605. The molecule has 0 aliphatic rings. The summed E-state index contributed by atoms with van der Waals surface area (Å²) >= 11 is 3.34. The third-order valence-corrected chi connectivity index (χ3v) is 4.32. The van der Waals surface area contributed by atoms with Crippen LogP contribution in [0, 0.1) is 12.7 Å². The van der Waals surface area contributed by atoms with Crippen molar-refractivity contribution >= 4 is 38.4 Å². The minimum Gasteiger partial charge on any atom is -0.326 e. The molecule has 1 heterocycles. The first-order chi connectivity index (χ1) is 11.9. The highest BCUT2D eigenvalue weighted by Gasteiger charge is 2.09. The predicted octanol–water partition coefficient (Wildman–Crippen LogP) is 3.64. The van der Waals surface area contributed by atoms with Crippen LogP contribution in [0.3, 0.4) is 0 Å². The van der Waals surface area contributed by atoms with Crippen LogP contribution in [0.2, 0.25) is 0 Å². The van der Waals surface area contributed by atoms with Crippen molar-refractivity contribution in [2.75, 3.05) is 5.32 Å². The van der Waals surface area contributed by atoms with Gasteiger partial charge in [-0.1, -0.05) is 15.9 Å². The second-order valence-corrected chi connectivity index (χ2v) is 6.58. The molecule has 0 unspecified atom stereocenters. The Hall–Kier alpha value is -2.54. The molecule has 1 amide bonds. The maximum atomic E-state index is 13.1. The van der Waals surface area contributed by atoms with Gasteiger partial charge < -0.3 is 5.32 Å². The van der Waals surface area contributed by atoms with Crippen LogP contribution in [0.4, 0.5) is 10.1 Å². The van der Waals surface area contributed by atoms with Gasteiger partial charge in [-0.05, 0) is 48.9 Å². The lowest BCUT2D eigenvalue weighted by Gasteiger charge is -2.10. The smallest absolute Gasteiger partial charge is 0.261 e. The molecule has 3 aromatic rings. The zero-order chi connectivity index (χ0) is 18.0. The number of carbonyl (C=O) groups excluding carboxylic acids is 1. The summed E-state index contributed by atoms with van der Waals surface area (Å²) in [5, 5.41) is 3.22. The average Bonchev–Trinajstić information content (AvgIpc) is 2.57. The van der Waals surface area contributed by atoms with Gasteiger partial charge in [0.1, 0.15) is 5.82 Å². The number of carbonyl (C=O) groups is 1. The summed E-state index contributed by atoms with van der Waals surface area (Å²) in [6, 6.07) is 9.45. The van der Waals surface area contributed by atoms with Crippen LogP contribution < -0.4 is 10.9 Å². The summed E-state index contributed by atoms with van der Waals surface area (Å²) in [4.78, 5) is 28.8. The molecule has 1 N–H and O–H groups in total. The van der Waals surface area contributed by atoms with E-state index in [2.05, 4.69) is 26.2 Å². The molecule has 128 valence electrons. The minimum atomic E-state index is -0.351. The molecule has 5 nitrogen and oxygen atoms in total. The van der Waals surface area contributed by atoms with Gasteiger partial charge in [-0.3, -0.25) is 14.2 Å². The maximum Gasteiger partial charge on any atom is 0.261 e. The Balaban J connectivity index is 1.73. The van der Waals surface area contributed by atoms with E-state index in [1.54, 1.807) is 19.1 Å². The van der Waals surface area contributed by atoms with E-state index >= 15 is 0 Å². The molecule has 0 saturated carbocycles. The highest BCUT2D eigenvalue weighted by Crippen LogP contribution is 2.16. The van der Waals surface area contributed by atoms with E-state index in [4.69, 9.17) is 0 Å². The van der Waals surface area contributed by atoms with Crippen molar-refractivity contribution in [2.45, 2.75) is 19.9 Å². The number of benzene rings is 2. The number of nitrogens with zero attached hydrogens (tertiary/aromatic N) is 2. The number of fused-ring (bicyclic) bond motifs is 1. The predicted molar refractivity (Wildman–Crippen MR) is 98.1 cm³/mol. The van der Waals surface area contributed by atoms with Crippen molar-refractivity contribution in [3.8, 4) is 0 Å². The Morgan fingerprint density at radius 2 is 2.08 bits per heavy atom. The van der Waals surface area contributed by atoms with Crippen molar-refractivity contribution in [2.24, 2.45) is 0 Å². The summed E-state index contributed by atoms with van der Waals surface area (Å²) in [6.45, 7) is 1.93. The quantitative estimate of drug-likeness (QED) is 0.723. The average molecular weight is 404 g/mol. The Labute approximate surface area is 151 Å². The fourth-order valence-electron chi connectivity index (χ4n) is 2.49. The van der Waals surface area contributed by atoms with Crippen molar-refractivity contribution in [3.05, 3.63) is 68.9 Å². The highest BCUT2D eigenvalue weighted by atomic mass is 79.9. The van der Waals surface area contributed by atoms with Crippen LogP contribution in [0.1, 0.15) is 12.0 Å². The first kappa shape index (κ1) is 17.3. The molecule has 0 radical (unpaired) electrons. The number of hydrogen-bond donors (Lipinski definition) is 1. The van der Waals surface area contributed by atoms with Gasteiger partial charge >= 0.3 is 0 Å². The number of aromatic nitrogens is 2. The monoisotopic (exact) mass is 403 g/mol. The summed E-state index contributed by atoms with van der Waals surface area (Å²) < 4.78 is 15.3. The Morgan fingerprint density at radius 3 is 2.84 bits per heavy atom. The lowest BCUT2D eigenvalue weighted by atomic mass is 10.2. The fourth-order valence-corrected chi connectivity index (χ4v) is 2.85. The van der Waals surface area contributed by atoms with Crippen LogP contribution in [0.15, 0.2) is 52.0 Å². The van der Waals surface area contributed by atoms with Crippen molar-refractivity contribution in [1.82, 2.24) is 9.55 Å². The number of aryl methyl sites for hydroxylation is 2. The molecular formula is C18H15BrFN3O2. The molecule has 2 aromatic carbocycles. The highest BCUT2D eigenvalue weighted by molar-refractivity contribution is 9.10. The zero-order valence-corrected chi connectivity index (χ0v) is 15.0. The van der Waals surface area contributed by atoms with Crippen LogP contribution in [-0.2, 0) is 11.3 Å². The summed E-state index contributed by atoms with van der Waals surface area (Å²) in [6.07, 6.45) is 1.55. The molecule has 0 fully saturated rings. The third kappa shape index (κ3) is 3.93. The van der Waals surface area contributed by atoms with Gasteiger partial charge in [0.05, 0.1) is 17.2 Å². The van der Waals surface area contributed by atoms with Crippen LogP contribution in [0.5, 0.6) is 0 Å². The van der Waals surface area contributed by atoms with E-state index in [0.29, 0.717) is 22.2 Å². The van der Waals surface area contributed by atoms with Crippen LogP contribution >= 0.6 is 15.9 Å². The van der Waals surface area contributed by atoms with E-state index in [0.717, 1.165) is 4.47 Å². The van der Waals surface area contributed by atoms with E-state index in [9.17, 15) is 14.0 Å². The largest absolute Gasteiger partial charge is 0.326 e. The second kappa shape index (κ2) is 7.14. The van der Waals surface area contributed by atoms with Gasteiger partial charge in [-0.25, -0.2) is 9.37 Å². The normalized spacial score (nSPS) is 10.8. The summed E-state index contributed by atoms with van der Waals surface area (Å²) in [5.41, 5.74) is 1.61. The molecule has 25 heavy (non-hydrogen) atoms. The van der Waals surface area contributed by atoms with E-state index in [-0.39, 0.29) is 30.2 Å².